The fourth-order valence-corrected chi connectivity index (χ4v) is 4.36. The van der Waals surface area contributed by atoms with Gasteiger partial charge in [-0.25, -0.2) is 14.2 Å². The van der Waals surface area contributed by atoms with Gasteiger partial charge in [0, 0.05) is 19.5 Å². The Hall–Kier alpha value is -2.63. The first-order valence-electron chi connectivity index (χ1n) is 11.9. The first kappa shape index (κ1) is 35.6. The highest BCUT2D eigenvalue weighted by Gasteiger charge is 2.54. The van der Waals surface area contributed by atoms with Crippen molar-refractivity contribution in [3.8, 4) is 0 Å². The molecule has 2 aliphatic rings. The number of aliphatic hydroxyl groups excluding tert-OH is 6. The molecular formula is C20H33N4O17P. The number of hydrogen-bond donors (Lipinski definition) is 12. The molecule has 2 saturated heterocycles. The second kappa shape index (κ2) is 14.2. The van der Waals surface area contributed by atoms with Crippen molar-refractivity contribution in [2.24, 2.45) is 0 Å². The molecular weight excluding hydrogens is 599 g/mol. The summed E-state index contributed by atoms with van der Waals surface area (Å²) in [6.45, 7) is -0.401. The van der Waals surface area contributed by atoms with Crippen LogP contribution in [0.15, 0.2) is 17.1 Å². The van der Waals surface area contributed by atoms with E-state index < -0.39 is 106 Å². The fourth-order valence-electron chi connectivity index (χ4n) is 4.02. The van der Waals surface area contributed by atoms with E-state index in [2.05, 4.69) is 14.8 Å². The molecule has 0 bridgehead atoms. The predicted octanol–water partition coefficient (Wildman–Crippen LogP) is -6.32. The van der Waals surface area contributed by atoms with E-state index in [1.165, 1.54) is 12.3 Å². The number of nitrogens with one attached hydrogen (secondary N) is 1. The van der Waals surface area contributed by atoms with Gasteiger partial charge < -0.3 is 71.2 Å². The number of ether oxygens (including phenoxy) is 2. The van der Waals surface area contributed by atoms with Gasteiger partial charge in [-0.15, -0.1) is 0 Å². The lowest BCUT2D eigenvalue weighted by Gasteiger charge is -2.44. The van der Waals surface area contributed by atoms with Gasteiger partial charge in [-0.3, -0.25) is 13.9 Å². The summed E-state index contributed by atoms with van der Waals surface area (Å²) in [4.78, 5) is 54.4. The average Bonchev–Trinajstić information content (AvgIpc) is 3.16. The van der Waals surface area contributed by atoms with Gasteiger partial charge in [-0.2, -0.15) is 4.98 Å². The standard InChI is InChI=1S/C11H19NO9.C9H14N3O8P/c1-4(14)12-7-5(15)2-11(20,10(18)19)21-9(7)8(17)6(16)3-13;10-5-1-2-12(9(15)11-5)8-7(14)6(13)4(20-8)3-19-21(16,17)18/h5-9,13,15-17,20H,2-3H2,1H3,(H,12,14)(H,18,19);1-2,4,6-8,13-14H,3H2,(H2,10,11,15)(H2,16,17,18)/t5-,6+,7+,8+,9+,11-;4-,6-,7-,8-/m01/s1. The molecule has 21 nitrogen and oxygen atoms in total. The highest BCUT2D eigenvalue weighted by molar-refractivity contribution is 7.46. The van der Waals surface area contributed by atoms with Crippen molar-refractivity contribution in [1.29, 1.82) is 0 Å². The zero-order valence-corrected chi connectivity index (χ0v) is 22.6. The largest absolute Gasteiger partial charge is 0.477 e. The summed E-state index contributed by atoms with van der Waals surface area (Å²) in [5.41, 5.74) is 4.52. The van der Waals surface area contributed by atoms with Crippen LogP contribution in [-0.2, 0) is 28.2 Å². The highest BCUT2D eigenvalue weighted by atomic mass is 31.2. The van der Waals surface area contributed by atoms with Crippen LogP contribution in [0.4, 0.5) is 5.82 Å². The molecule has 3 rings (SSSR count). The summed E-state index contributed by atoms with van der Waals surface area (Å²) in [5, 5.41) is 78.6. The molecule has 22 heteroatoms. The Balaban J connectivity index is 0.000000293. The zero-order valence-electron chi connectivity index (χ0n) is 21.7. The van der Waals surface area contributed by atoms with Gasteiger partial charge in [0.15, 0.2) is 6.23 Å². The molecule has 0 aliphatic carbocycles. The summed E-state index contributed by atoms with van der Waals surface area (Å²) < 4.78 is 25.8. The van der Waals surface area contributed by atoms with E-state index in [4.69, 9.17) is 35.2 Å². The molecule has 1 amide bonds. The smallest absolute Gasteiger partial charge is 0.469 e. The van der Waals surface area contributed by atoms with Crippen molar-refractivity contribution in [1.82, 2.24) is 14.9 Å². The van der Waals surface area contributed by atoms with Crippen molar-refractivity contribution in [2.75, 3.05) is 18.9 Å². The number of carboxylic acids is 1. The average molecular weight is 632 g/mol. The molecule has 0 spiro atoms. The maximum atomic E-state index is 11.6. The number of aromatic nitrogens is 2. The topological polar surface area (TPSA) is 354 Å². The number of carbonyl (C=O) groups is 2. The first-order chi connectivity index (χ1) is 19.3. The minimum atomic E-state index is -4.74. The van der Waals surface area contributed by atoms with Gasteiger partial charge >= 0.3 is 19.5 Å². The van der Waals surface area contributed by atoms with Crippen LogP contribution in [0.3, 0.4) is 0 Å². The molecule has 1 aromatic heterocycles. The fraction of sp³-hybridized carbons (Fsp3) is 0.700. The van der Waals surface area contributed by atoms with Crippen LogP contribution in [0, 0.1) is 0 Å². The first-order valence-corrected chi connectivity index (χ1v) is 13.5. The van der Waals surface area contributed by atoms with Gasteiger partial charge in [0.1, 0.15) is 42.4 Å². The number of hydrogen-bond acceptors (Lipinski definition) is 16. The number of phosphoric acid groups is 1. The number of rotatable bonds is 9. The minimum absolute atomic E-state index is 0.0225. The third-order valence-electron chi connectivity index (χ3n) is 6.08. The van der Waals surface area contributed by atoms with Gasteiger partial charge in [0.2, 0.25) is 5.91 Å². The molecule has 240 valence electrons. The van der Waals surface area contributed by atoms with E-state index in [1.807, 2.05) is 0 Å². The lowest BCUT2D eigenvalue weighted by Crippen LogP contribution is -2.67. The monoisotopic (exact) mass is 632 g/mol. The normalized spacial score (nSPS) is 32.8. The molecule has 0 unspecified atom stereocenters. The summed E-state index contributed by atoms with van der Waals surface area (Å²) in [7, 11) is -4.74. The number of anilines is 1. The Morgan fingerprint density at radius 2 is 1.90 bits per heavy atom. The SMILES string of the molecule is CC(=O)N[C@H]1[C@H]([C@H](O)[C@H](O)CO)O[C@](O)(C(=O)O)C[C@@H]1O.Nc1ccn([C@@H]2O[C@H](COP(=O)(O)O)[C@@H](O)[C@H]2O)c(=O)n1. The second-order valence-electron chi connectivity index (χ2n) is 9.29. The number of carbonyl (C=O) groups excluding carboxylic acids is 1. The third-order valence-corrected chi connectivity index (χ3v) is 6.56. The lowest BCUT2D eigenvalue weighted by molar-refractivity contribution is -0.295. The number of amides is 1. The molecule has 0 aromatic carbocycles. The molecule has 10 atom stereocenters. The molecule has 1 aromatic rings. The van der Waals surface area contributed by atoms with Crippen LogP contribution in [0.2, 0.25) is 0 Å². The molecule has 42 heavy (non-hydrogen) atoms. The number of nitrogens with zero attached hydrogens (tertiary/aromatic N) is 2. The minimum Gasteiger partial charge on any atom is -0.477 e. The molecule has 2 fully saturated rings. The molecule has 0 saturated carbocycles. The molecule has 2 aliphatic heterocycles. The number of aliphatic carboxylic acids is 1. The molecule has 13 N–H and O–H groups in total. The Kier molecular flexibility index (Phi) is 12.0. The predicted molar refractivity (Wildman–Crippen MR) is 132 cm³/mol. The van der Waals surface area contributed by atoms with Crippen molar-refractivity contribution in [3.05, 3.63) is 22.7 Å². The van der Waals surface area contributed by atoms with E-state index in [0.717, 1.165) is 11.5 Å². The Morgan fingerprint density at radius 3 is 2.40 bits per heavy atom. The van der Waals surface area contributed by atoms with Crippen LogP contribution in [0.25, 0.3) is 0 Å². The van der Waals surface area contributed by atoms with Crippen molar-refractivity contribution >= 4 is 25.5 Å². The van der Waals surface area contributed by atoms with Gasteiger partial charge in [0.25, 0.3) is 5.79 Å². The summed E-state index contributed by atoms with van der Waals surface area (Å²) >= 11 is 0. The van der Waals surface area contributed by atoms with Crippen LogP contribution in [0.5, 0.6) is 0 Å². The van der Waals surface area contributed by atoms with Crippen LogP contribution < -0.4 is 16.7 Å². The lowest BCUT2D eigenvalue weighted by atomic mass is 9.88. The van der Waals surface area contributed by atoms with Crippen molar-refractivity contribution in [2.45, 2.75) is 74.1 Å². The van der Waals surface area contributed by atoms with Gasteiger partial charge in [-0.1, -0.05) is 0 Å². The number of nitrogens with two attached hydrogens (primary N) is 1. The van der Waals surface area contributed by atoms with Gasteiger partial charge in [-0.05, 0) is 6.07 Å². The zero-order chi connectivity index (χ0) is 32.2. The van der Waals surface area contributed by atoms with E-state index in [9.17, 15) is 49.6 Å². The van der Waals surface area contributed by atoms with Gasteiger partial charge in [0.05, 0.1) is 25.4 Å². The second-order valence-corrected chi connectivity index (χ2v) is 10.5. The quantitative estimate of drug-likeness (QED) is 0.113. The van der Waals surface area contributed by atoms with E-state index >= 15 is 0 Å². The Labute approximate surface area is 235 Å². The van der Waals surface area contributed by atoms with E-state index in [0.29, 0.717) is 0 Å². The maximum Gasteiger partial charge on any atom is 0.469 e. The number of aliphatic hydroxyl groups is 7. The summed E-state index contributed by atoms with van der Waals surface area (Å²) in [6.07, 6.45) is -11.8. The van der Waals surface area contributed by atoms with Crippen molar-refractivity contribution in [3.63, 3.8) is 0 Å². The summed E-state index contributed by atoms with van der Waals surface area (Å²) in [6, 6.07) is 0.0295. The van der Waals surface area contributed by atoms with Crippen LogP contribution in [0.1, 0.15) is 19.6 Å². The molecule has 0 radical (unpaired) electrons. The Morgan fingerprint density at radius 1 is 1.29 bits per heavy atom. The van der Waals surface area contributed by atoms with Crippen molar-refractivity contribution < 1.29 is 78.8 Å². The highest BCUT2D eigenvalue weighted by Crippen LogP contribution is 2.38. The third kappa shape index (κ3) is 8.94. The van der Waals surface area contributed by atoms with Crippen LogP contribution in [-0.4, -0.2) is 140 Å². The number of nitrogen functional groups attached to an aromatic ring is 1. The number of phosphoric ester groups is 1. The molecule has 3 heterocycles. The van der Waals surface area contributed by atoms with Crippen LogP contribution >= 0.6 is 7.82 Å². The van der Waals surface area contributed by atoms with E-state index in [1.54, 1.807) is 0 Å². The number of carboxylic acid groups (broad SMARTS) is 1. The Bertz CT molecular complexity index is 1200. The van der Waals surface area contributed by atoms with E-state index in [-0.39, 0.29) is 5.82 Å². The summed E-state index contributed by atoms with van der Waals surface area (Å²) in [5.74, 6) is -5.20. The maximum absolute atomic E-state index is 11.6.